The lowest BCUT2D eigenvalue weighted by molar-refractivity contribution is -0.400. The van der Waals surface area contributed by atoms with E-state index >= 15 is 0 Å². The van der Waals surface area contributed by atoms with Gasteiger partial charge in [-0.1, -0.05) is 22.6 Å². The van der Waals surface area contributed by atoms with Crippen LogP contribution in [0.3, 0.4) is 0 Å². The third-order valence-corrected chi connectivity index (χ3v) is 2.69. The van der Waals surface area contributed by atoms with Gasteiger partial charge in [0.2, 0.25) is 0 Å². The van der Waals surface area contributed by atoms with E-state index in [0.29, 0.717) is 0 Å². The zero-order valence-corrected chi connectivity index (χ0v) is 11.3. The van der Waals surface area contributed by atoms with Crippen molar-refractivity contribution in [2.24, 2.45) is 0 Å². The number of rotatable bonds is 6. The van der Waals surface area contributed by atoms with Gasteiger partial charge in [0, 0.05) is 10.8 Å². The minimum Gasteiger partial charge on any atom is -0.207 e. The van der Waals surface area contributed by atoms with Gasteiger partial charge in [-0.25, -0.2) is 8.78 Å². The molecule has 0 aliphatic rings. The SMILES string of the molecule is FC(F)(CCI)CC(F)(F)C(F)(F)C(F)(F)C(F)(F)F. The predicted molar refractivity (Wildman–Crippen MR) is 54.0 cm³/mol. The van der Waals surface area contributed by atoms with Crippen molar-refractivity contribution in [3.05, 3.63) is 0 Å². The standard InChI is InChI=1S/C8H6F11I/c9-4(10,1-2-20)3-5(11,12)6(13,14)7(15,16)8(17,18)19/h1-3H2. The van der Waals surface area contributed by atoms with Gasteiger partial charge >= 0.3 is 23.9 Å². The van der Waals surface area contributed by atoms with Gasteiger partial charge in [-0.2, -0.15) is 39.5 Å². The minimum absolute atomic E-state index is 0.484. The molecule has 12 heteroatoms. The van der Waals surface area contributed by atoms with Gasteiger partial charge in [-0.15, -0.1) is 0 Å². The second-order valence-corrected chi connectivity index (χ2v) is 4.90. The van der Waals surface area contributed by atoms with Gasteiger partial charge in [0.05, 0.1) is 6.42 Å². The maximum atomic E-state index is 12.8. The molecule has 20 heavy (non-hydrogen) atoms. The van der Waals surface area contributed by atoms with Crippen LogP contribution in [0.2, 0.25) is 0 Å². The summed E-state index contributed by atoms with van der Waals surface area (Å²) in [6.07, 6.45) is -11.5. The molecule has 0 saturated carbocycles. The molecule has 0 heterocycles. The lowest BCUT2D eigenvalue weighted by Gasteiger charge is -2.35. The van der Waals surface area contributed by atoms with Crippen LogP contribution in [0.4, 0.5) is 48.3 Å². The van der Waals surface area contributed by atoms with Gasteiger partial charge in [0.15, 0.2) is 0 Å². The first kappa shape index (κ1) is 20.0. The van der Waals surface area contributed by atoms with Gasteiger partial charge in [-0.3, -0.25) is 0 Å². The summed E-state index contributed by atoms with van der Waals surface area (Å²) >= 11 is 1.27. The number of hydrogen-bond donors (Lipinski definition) is 0. The van der Waals surface area contributed by atoms with Gasteiger partial charge in [0.25, 0.3) is 5.92 Å². The Bertz CT molecular complexity index is 332. The quantitative estimate of drug-likeness (QED) is 0.300. The summed E-state index contributed by atoms with van der Waals surface area (Å²) in [5, 5.41) is 0. The van der Waals surface area contributed by atoms with Crippen molar-refractivity contribution < 1.29 is 48.3 Å². The molecule has 0 aromatic rings. The summed E-state index contributed by atoms with van der Waals surface area (Å²) < 4.78 is 136. The third-order valence-electron chi connectivity index (χ3n) is 2.15. The molecular formula is C8H6F11I. The van der Waals surface area contributed by atoms with E-state index in [1.54, 1.807) is 0 Å². The highest BCUT2D eigenvalue weighted by molar-refractivity contribution is 14.1. The van der Waals surface area contributed by atoms with Crippen molar-refractivity contribution in [2.75, 3.05) is 4.43 Å². The average molecular weight is 438 g/mol. The molecule has 0 N–H and O–H groups in total. The van der Waals surface area contributed by atoms with Crippen LogP contribution in [0.15, 0.2) is 0 Å². The molecular weight excluding hydrogens is 432 g/mol. The first-order chi connectivity index (χ1) is 8.52. The number of hydrogen-bond acceptors (Lipinski definition) is 0. The average Bonchev–Trinajstić information content (AvgIpc) is 2.12. The zero-order chi connectivity index (χ0) is 16.6. The lowest BCUT2D eigenvalue weighted by Crippen LogP contribution is -2.61. The van der Waals surface area contributed by atoms with Crippen LogP contribution >= 0.6 is 22.6 Å². The normalized spacial score (nSPS) is 15.6. The van der Waals surface area contributed by atoms with E-state index in [4.69, 9.17) is 0 Å². The third kappa shape index (κ3) is 3.78. The second kappa shape index (κ2) is 5.63. The number of halogens is 12. The highest BCUT2D eigenvalue weighted by atomic mass is 127. The maximum absolute atomic E-state index is 12.8. The lowest BCUT2D eigenvalue weighted by atomic mass is 9.97. The summed E-state index contributed by atoms with van der Waals surface area (Å²) in [7, 11) is 0. The van der Waals surface area contributed by atoms with E-state index in [1.165, 1.54) is 22.6 Å². The van der Waals surface area contributed by atoms with E-state index in [2.05, 4.69) is 0 Å². The molecule has 0 nitrogen and oxygen atoms in total. The molecule has 0 amide bonds. The fourth-order valence-electron chi connectivity index (χ4n) is 1.07. The van der Waals surface area contributed by atoms with Crippen molar-refractivity contribution in [1.29, 1.82) is 0 Å². The van der Waals surface area contributed by atoms with Crippen LogP contribution in [0.5, 0.6) is 0 Å². The van der Waals surface area contributed by atoms with E-state index in [9.17, 15) is 48.3 Å². The highest BCUT2D eigenvalue weighted by Crippen LogP contribution is 2.55. The van der Waals surface area contributed by atoms with Crippen molar-refractivity contribution in [2.45, 2.75) is 42.7 Å². The summed E-state index contributed by atoms with van der Waals surface area (Å²) in [6.45, 7) is 0. The Hall–Kier alpha value is -0.0400. The zero-order valence-electron chi connectivity index (χ0n) is 9.16. The monoisotopic (exact) mass is 438 g/mol. The summed E-state index contributed by atoms with van der Waals surface area (Å²) in [6, 6.07) is 0. The molecule has 0 aromatic heterocycles. The molecule has 0 atom stereocenters. The van der Waals surface area contributed by atoms with Crippen molar-refractivity contribution in [1.82, 2.24) is 0 Å². The fourth-order valence-corrected chi connectivity index (χ4v) is 1.86. The topological polar surface area (TPSA) is 0 Å². The molecule has 0 spiro atoms. The second-order valence-electron chi connectivity index (χ2n) is 3.82. The smallest absolute Gasteiger partial charge is 0.207 e. The Kier molecular flexibility index (Phi) is 5.62. The van der Waals surface area contributed by atoms with Crippen LogP contribution < -0.4 is 0 Å². The Morgan fingerprint density at radius 2 is 1.05 bits per heavy atom. The summed E-state index contributed by atoms with van der Waals surface area (Å²) in [5.74, 6) is -24.9. The molecule has 0 radical (unpaired) electrons. The fraction of sp³-hybridized carbons (Fsp3) is 1.00. The maximum Gasteiger partial charge on any atom is 0.460 e. The van der Waals surface area contributed by atoms with E-state index in [0.717, 1.165) is 0 Å². The highest BCUT2D eigenvalue weighted by Gasteiger charge is 2.82. The van der Waals surface area contributed by atoms with Gasteiger partial charge < -0.3 is 0 Å². The molecule has 0 saturated heterocycles. The Morgan fingerprint density at radius 1 is 0.650 bits per heavy atom. The molecule has 0 fully saturated rings. The van der Waals surface area contributed by atoms with Crippen LogP contribution in [0, 0.1) is 0 Å². The van der Waals surface area contributed by atoms with E-state index < -0.39 is 47.1 Å². The number of alkyl halides is 12. The van der Waals surface area contributed by atoms with Gasteiger partial charge in [-0.05, 0) is 0 Å². The molecule has 0 aliphatic carbocycles. The van der Waals surface area contributed by atoms with Crippen LogP contribution in [0.1, 0.15) is 12.8 Å². The molecule has 0 aliphatic heterocycles. The van der Waals surface area contributed by atoms with Crippen molar-refractivity contribution in [3.63, 3.8) is 0 Å². The first-order valence-electron chi connectivity index (χ1n) is 4.66. The van der Waals surface area contributed by atoms with Crippen LogP contribution in [0.25, 0.3) is 0 Å². The van der Waals surface area contributed by atoms with Crippen molar-refractivity contribution in [3.8, 4) is 0 Å². The van der Waals surface area contributed by atoms with E-state index in [1.807, 2.05) is 0 Å². The molecule has 0 bridgehead atoms. The van der Waals surface area contributed by atoms with E-state index in [-0.39, 0.29) is 0 Å². The van der Waals surface area contributed by atoms with Crippen LogP contribution in [-0.4, -0.2) is 34.3 Å². The van der Waals surface area contributed by atoms with Gasteiger partial charge in [0.1, 0.15) is 0 Å². The molecule has 0 rings (SSSR count). The first-order valence-corrected chi connectivity index (χ1v) is 6.18. The largest absolute Gasteiger partial charge is 0.460 e. The minimum atomic E-state index is -7.14. The predicted octanol–water partition coefficient (Wildman–Crippen LogP) is 5.31. The summed E-state index contributed by atoms with van der Waals surface area (Å²) in [5.41, 5.74) is 0. The Morgan fingerprint density at radius 3 is 1.35 bits per heavy atom. The Labute approximate surface area is 118 Å². The molecule has 0 aromatic carbocycles. The Balaban J connectivity index is 5.48. The van der Waals surface area contributed by atoms with Crippen molar-refractivity contribution >= 4 is 22.6 Å². The van der Waals surface area contributed by atoms with Crippen LogP contribution in [-0.2, 0) is 0 Å². The summed E-state index contributed by atoms with van der Waals surface area (Å²) in [4.78, 5) is 0. The molecule has 122 valence electrons. The molecule has 0 unspecified atom stereocenters.